The van der Waals surface area contributed by atoms with E-state index in [0.29, 0.717) is 6.42 Å². The molecule has 0 aromatic carbocycles. The first-order valence-electron chi connectivity index (χ1n) is 5.66. The second-order valence-electron chi connectivity index (χ2n) is 4.24. The Morgan fingerprint density at radius 2 is 1.94 bits per heavy atom. The summed E-state index contributed by atoms with van der Waals surface area (Å²) >= 11 is 0. The molecule has 0 rings (SSSR count). The zero-order valence-electron chi connectivity index (χ0n) is 10.2. The SMILES string of the molecule is CCCC(CC(=O)O)NC(=O)C(C)C(C)N. The Hall–Kier alpha value is -1.10. The third kappa shape index (κ3) is 5.70. The molecular weight excluding hydrogens is 208 g/mol. The predicted molar refractivity (Wildman–Crippen MR) is 61.9 cm³/mol. The van der Waals surface area contributed by atoms with Crippen LogP contribution in [0.3, 0.4) is 0 Å². The van der Waals surface area contributed by atoms with Gasteiger partial charge in [-0.25, -0.2) is 0 Å². The number of rotatable bonds is 7. The lowest BCUT2D eigenvalue weighted by atomic mass is 10.0. The second kappa shape index (κ2) is 7.22. The minimum Gasteiger partial charge on any atom is -0.481 e. The molecule has 0 aliphatic heterocycles. The second-order valence-corrected chi connectivity index (χ2v) is 4.24. The van der Waals surface area contributed by atoms with E-state index in [1.807, 2.05) is 6.92 Å². The summed E-state index contributed by atoms with van der Waals surface area (Å²) in [5.74, 6) is -1.37. The smallest absolute Gasteiger partial charge is 0.305 e. The normalized spacial score (nSPS) is 16.2. The number of hydrogen-bond acceptors (Lipinski definition) is 3. The summed E-state index contributed by atoms with van der Waals surface area (Å²) in [6.07, 6.45) is 1.47. The minimum atomic E-state index is -0.896. The van der Waals surface area contributed by atoms with Crippen molar-refractivity contribution in [1.82, 2.24) is 5.32 Å². The van der Waals surface area contributed by atoms with E-state index >= 15 is 0 Å². The Morgan fingerprint density at radius 1 is 1.38 bits per heavy atom. The van der Waals surface area contributed by atoms with E-state index in [0.717, 1.165) is 6.42 Å². The van der Waals surface area contributed by atoms with Gasteiger partial charge in [0.05, 0.1) is 6.42 Å². The van der Waals surface area contributed by atoms with Crippen LogP contribution in [0.1, 0.15) is 40.0 Å². The number of hydrogen-bond donors (Lipinski definition) is 3. The summed E-state index contributed by atoms with van der Waals surface area (Å²) in [6.45, 7) is 5.45. The van der Waals surface area contributed by atoms with E-state index < -0.39 is 5.97 Å². The third-order valence-electron chi connectivity index (χ3n) is 2.61. The van der Waals surface area contributed by atoms with Crippen LogP contribution in [0.4, 0.5) is 0 Å². The maximum absolute atomic E-state index is 11.7. The van der Waals surface area contributed by atoms with E-state index in [1.54, 1.807) is 13.8 Å². The van der Waals surface area contributed by atoms with Crippen molar-refractivity contribution >= 4 is 11.9 Å². The van der Waals surface area contributed by atoms with Crippen molar-refractivity contribution in [2.24, 2.45) is 11.7 Å². The molecular formula is C11H22N2O3. The molecule has 0 fully saturated rings. The molecule has 0 bridgehead atoms. The fourth-order valence-electron chi connectivity index (χ4n) is 1.36. The first-order valence-corrected chi connectivity index (χ1v) is 5.66. The van der Waals surface area contributed by atoms with Crippen molar-refractivity contribution in [3.63, 3.8) is 0 Å². The number of aliphatic carboxylic acids is 1. The molecule has 0 aliphatic carbocycles. The quantitative estimate of drug-likeness (QED) is 0.601. The zero-order chi connectivity index (χ0) is 12.7. The Balaban J connectivity index is 4.27. The van der Waals surface area contributed by atoms with Crippen LogP contribution < -0.4 is 11.1 Å². The number of carbonyl (C=O) groups excluding carboxylic acids is 1. The first-order chi connectivity index (χ1) is 7.38. The van der Waals surface area contributed by atoms with Gasteiger partial charge < -0.3 is 16.2 Å². The average Bonchev–Trinajstić information content (AvgIpc) is 2.15. The number of nitrogens with one attached hydrogen (secondary N) is 1. The van der Waals surface area contributed by atoms with Crippen LogP contribution in [-0.2, 0) is 9.59 Å². The minimum absolute atomic E-state index is 0.0365. The van der Waals surface area contributed by atoms with E-state index in [1.165, 1.54) is 0 Å². The molecule has 94 valence electrons. The number of carboxylic acid groups (broad SMARTS) is 1. The van der Waals surface area contributed by atoms with Crippen LogP contribution in [0.15, 0.2) is 0 Å². The highest BCUT2D eigenvalue weighted by molar-refractivity contribution is 5.80. The topological polar surface area (TPSA) is 92.4 Å². The highest BCUT2D eigenvalue weighted by Crippen LogP contribution is 2.06. The number of nitrogens with two attached hydrogens (primary N) is 1. The molecule has 16 heavy (non-hydrogen) atoms. The van der Waals surface area contributed by atoms with Gasteiger partial charge in [-0.2, -0.15) is 0 Å². The van der Waals surface area contributed by atoms with E-state index in [2.05, 4.69) is 5.32 Å². The Labute approximate surface area is 96.4 Å². The van der Waals surface area contributed by atoms with Crippen LogP contribution in [0.5, 0.6) is 0 Å². The van der Waals surface area contributed by atoms with Gasteiger partial charge in [0.1, 0.15) is 0 Å². The van der Waals surface area contributed by atoms with Gasteiger partial charge in [0, 0.05) is 18.0 Å². The van der Waals surface area contributed by atoms with Crippen molar-refractivity contribution in [3.05, 3.63) is 0 Å². The molecule has 0 aromatic rings. The molecule has 0 saturated carbocycles. The van der Waals surface area contributed by atoms with Crippen molar-refractivity contribution in [2.75, 3.05) is 0 Å². The largest absolute Gasteiger partial charge is 0.481 e. The molecule has 1 amide bonds. The molecule has 0 radical (unpaired) electrons. The summed E-state index contributed by atoms with van der Waals surface area (Å²) in [5, 5.41) is 11.4. The van der Waals surface area contributed by atoms with Crippen molar-refractivity contribution in [3.8, 4) is 0 Å². The fourth-order valence-corrected chi connectivity index (χ4v) is 1.36. The summed E-state index contributed by atoms with van der Waals surface area (Å²) in [5.41, 5.74) is 5.61. The summed E-state index contributed by atoms with van der Waals surface area (Å²) in [7, 11) is 0. The zero-order valence-corrected chi connectivity index (χ0v) is 10.2. The molecule has 4 N–H and O–H groups in total. The van der Waals surface area contributed by atoms with Gasteiger partial charge in [0.15, 0.2) is 0 Å². The molecule has 3 atom stereocenters. The standard InChI is InChI=1S/C11H22N2O3/c1-4-5-9(6-10(14)15)13-11(16)7(2)8(3)12/h7-9H,4-6,12H2,1-3H3,(H,13,16)(H,14,15). The van der Waals surface area contributed by atoms with Gasteiger partial charge in [0.2, 0.25) is 5.91 Å². The maximum atomic E-state index is 11.7. The van der Waals surface area contributed by atoms with Crippen LogP contribution >= 0.6 is 0 Å². The van der Waals surface area contributed by atoms with Crippen LogP contribution in [0.2, 0.25) is 0 Å². The highest BCUT2D eigenvalue weighted by atomic mass is 16.4. The Kier molecular flexibility index (Phi) is 6.72. The Morgan fingerprint density at radius 3 is 2.31 bits per heavy atom. The van der Waals surface area contributed by atoms with E-state index in [-0.39, 0.29) is 30.3 Å². The maximum Gasteiger partial charge on any atom is 0.305 e. The lowest BCUT2D eigenvalue weighted by molar-refractivity contribution is -0.137. The van der Waals surface area contributed by atoms with Gasteiger partial charge in [-0.15, -0.1) is 0 Å². The number of amides is 1. The molecule has 0 aliphatic rings. The summed E-state index contributed by atoms with van der Waals surface area (Å²) in [4.78, 5) is 22.3. The first kappa shape index (κ1) is 14.9. The van der Waals surface area contributed by atoms with Gasteiger partial charge >= 0.3 is 5.97 Å². The monoisotopic (exact) mass is 230 g/mol. The fraction of sp³-hybridized carbons (Fsp3) is 0.818. The van der Waals surface area contributed by atoms with Crippen molar-refractivity contribution < 1.29 is 14.7 Å². The molecule has 0 heterocycles. The molecule has 3 unspecified atom stereocenters. The molecule has 5 heteroatoms. The predicted octanol–water partition coefficient (Wildman–Crippen LogP) is 0.729. The number of carbonyl (C=O) groups is 2. The van der Waals surface area contributed by atoms with Crippen molar-refractivity contribution in [2.45, 2.75) is 52.1 Å². The molecule has 0 aromatic heterocycles. The Bertz CT molecular complexity index is 241. The van der Waals surface area contributed by atoms with E-state index in [9.17, 15) is 9.59 Å². The van der Waals surface area contributed by atoms with Gasteiger partial charge in [0.25, 0.3) is 0 Å². The van der Waals surface area contributed by atoms with Crippen LogP contribution in [0.25, 0.3) is 0 Å². The average molecular weight is 230 g/mol. The lowest BCUT2D eigenvalue weighted by Crippen LogP contribution is -2.44. The van der Waals surface area contributed by atoms with E-state index in [4.69, 9.17) is 10.8 Å². The summed E-state index contributed by atoms with van der Waals surface area (Å²) < 4.78 is 0. The highest BCUT2D eigenvalue weighted by Gasteiger charge is 2.21. The van der Waals surface area contributed by atoms with Crippen LogP contribution in [0, 0.1) is 5.92 Å². The van der Waals surface area contributed by atoms with Gasteiger partial charge in [-0.3, -0.25) is 9.59 Å². The molecule has 0 saturated heterocycles. The van der Waals surface area contributed by atoms with Gasteiger partial charge in [-0.1, -0.05) is 20.3 Å². The van der Waals surface area contributed by atoms with Crippen molar-refractivity contribution in [1.29, 1.82) is 0 Å². The van der Waals surface area contributed by atoms with Gasteiger partial charge in [-0.05, 0) is 13.3 Å². The third-order valence-corrected chi connectivity index (χ3v) is 2.61. The number of carboxylic acids is 1. The van der Waals surface area contributed by atoms with Crippen LogP contribution in [-0.4, -0.2) is 29.1 Å². The lowest BCUT2D eigenvalue weighted by Gasteiger charge is -2.21. The molecule has 0 spiro atoms. The molecule has 5 nitrogen and oxygen atoms in total. The summed E-state index contributed by atoms with van der Waals surface area (Å²) in [6, 6.07) is -0.525.